The van der Waals surface area contributed by atoms with E-state index in [0.717, 1.165) is 25.7 Å². The Bertz CT molecular complexity index is 561. The number of halogens is 1. The van der Waals surface area contributed by atoms with E-state index in [9.17, 15) is 9.59 Å². The first-order chi connectivity index (χ1) is 10.5. The summed E-state index contributed by atoms with van der Waals surface area (Å²) in [4.78, 5) is 23.3. The minimum Gasteiger partial charge on any atom is -0.454 e. The van der Waals surface area contributed by atoms with Crippen molar-refractivity contribution in [1.29, 1.82) is 0 Å². The molecule has 0 aliphatic heterocycles. The van der Waals surface area contributed by atoms with E-state index in [4.69, 9.17) is 15.9 Å². The van der Waals surface area contributed by atoms with Gasteiger partial charge in [-0.05, 0) is 49.7 Å². The minimum atomic E-state index is -0.605. The third kappa shape index (κ3) is 3.87. The van der Waals surface area contributed by atoms with E-state index in [2.05, 4.69) is 5.32 Å². The van der Waals surface area contributed by atoms with Crippen molar-refractivity contribution in [3.63, 3.8) is 0 Å². The van der Waals surface area contributed by atoms with Gasteiger partial charge in [-0.15, -0.1) is 12.4 Å². The monoisotopic (exact) mass is 341 g/mol. The van der Waals surface area contributed by atoms with Crippen LogP contribution in [0, 0.1) is 17.8 Å². The number of nitrogens with one attached hydrogen (secondary N) is 1. The molecule has 6 nitrogen and oxygen atoms in total. The molecule has 2 unspecified atom stereocenters. The molecule has 23 heavy (non-hydrogen) atoms. The summed E-state index contributed by atoms with van der Waals surface area (Å²) >= 11 is 0. The second-order valence-electron chi connectivity index (χ2n) is 6.54. The highest BCUT2D eigenvalue weighted by Gasteiger charge is 2.40. The molecule has 2 atom stereocenters. The first-order valence-corrected chi connectivity index (χ1v) is 7.96. The molecule has 0 saturated heterocycles. The third-order valence-electron chi connectivity index (χ3n) is 5.13. The molecule has 3 rings (SSSR count). The fraction of sp³-hybridized carbons (Fsp3) is 0.625. The van der Waals surface area contributed by atoms with Gasteiger partial charge >= 0.3 is 0 Å². The summed E-state index contributed by atoms with van der Waals surface area (Å²) in [7, 11) is 0. The van der Waals surface area contributed by atoms with Crippen LogP contribution in [-0.4, -0.2) is 17.9 Å². The quantitative estimate of drug-likeness (QED) is 0.771. The van der Waals surface area contributed by atoms with Gasteiger partial charge in [-0.3, -0.25) is 9.59 Å². The van der Waals surface area contributed by atoms with Crippen molar-refractivity contribution in [3.8, 4) is 0 Å². The number of fused-ring (bicyclic) bond motifs is 2. The normalized spacial score (nSPS) is 29.4. The van der Waals surface area contributed by atoms with Gasteiger partial charge in [-0.25, -0.2) is 0 Å². The largest absolute Gasteiger partial charge is 0.454 e. The predicted molar refractivity (Wildman–Crippen MR) is 87.9 cm³/mol. The molecule has 1 aromatic heterocycles. The van der Waals surface area contributed by atoms with Crippen LogP contribution < -0.4 is 16.8 Å². The average Bonchev–Trinajstić information content (AvgIpc) is 2.93. The molecule has 2 aliphatic rings. The maximum absolute atomic E-state index is 12.4. The lowest BCUT2D eigenvalue weighted by Crippen LogP contribution is -2.49. The number of amides is 2. The van der Waals surface area contributed by atoms with Gasteiger partial charge in [0, 0.05) is 12.0 Å². The van der Waals surface area contributed by atoms with Crippen LogP contribution in [0.4, 0.5) is 0 Å². The molecule has 1 heterocycles. The lowest BCUT2D eigenvalue weighted by Gasteiger charge is -2.43. The Hall–Kier alpha value is -1.53. The van der Waals surface area contributed by atoms with E-state index in [0.29, 0.717) is 17.6 Å². The Balaban J connectivity index is 0.00000192. The van der Waals surface area contributed by atoms with E-state index >= 15 is 0 Å². The zero-order valence-corrected chi connectivity index (χ0v) is 13.8. The molecule has 2 aliphatic carbocycles. The van der Waals surface area contributed by atoms with Crippen LogP contribution in [0.25, 0.3) is 0 Å². The Labute approximate surface area is 141 Å². The van der Waals surface area contributed by atoms with Crippen molar-refractivity contribution in [3.05, 3.63) is 23.7 Å². The Morgan fingerprint density at radius 1 is 1.22 bits per heavy atom. The standard InChI is InChI=1S/C16H23N3O3.ClH/c17-14-9-2-1-3-10(14)7-11(6-9)16(21)19-8-12-4-5-13(22-12)15(18)20;/h4-5,9-11,14H,1-3,6-8,17H2,(H2,18,20)(H,19,21);1H. The van der Waals surface area contributed by atoms with Gasteiger partial charge in [0.2, 0.25) is 5.91 Å². The number of rotatable bonds is 4. The van der Waals surface area contributed by atoms with Gasteiger partial charge in [0.15, 0.2) is 5.76 Å². The second-order valence-corrected chi connectivity index (χ2v) is 6.54. The maximum atomic E-state index is 12.4. The summed E-state index contributed by atoms with van der Waals surface area (Å²) in [5.74, 6) is 1.10. The van der Waals surface area contributed by atoms with Gasteiger partial charge in [0.05, 0.1) is 6.54 Å². The van der Waals surface area contributed by atoms with Crippen molar-refractivity contribution in [2.75, 3.05) is 0 Å². The van der Waals surface area contributed by atoms with Crippen LogP contribution in [0.15, 0.2) is 16.5 Å². The van der Waals surface area contributed by atoms with Crippen LogP contribution in [0.2, 0.25) is 0 Å². The van der Waals surface area contributed by atoms with Crippen molar-refractivity contribution in [1.82, 2.24) is 5.32 Å². The molecule has 7 heteroatoms. The summed E-state index contributed by atoms with van der Waals surface area (Å²) in [5, 5.41) is 2.90. The topological polar surface area (TPSA) is 111 Å². The zero-order valence-electron chi connectivity index (χ0n) is 13.0. The highest BCUT2D eigenvalue weighted by atomic mass is 35.5. The summed E-state index contributed by atoms with van der Waals surface area (Å²) in [6.45, 7) is 0.282. The Morgan fingerprint density at radius 3 is 2.43 bits per heavy atom. The van der Waals surface area contributed by atoms with Gasteiger partial charge < -0.3 is 21.2 Å². The number of hydrogen-bond donors (Lipinski definition) is 3. The Kier molecular flexibility index (Phi) is 5.70. The van der Waals surface area contributed by atoms with Crippen LogP contribution in [0.1, 0.15) is 48.4 Å². The SMILES string of the molecule is Cl.NC(=O)c1ccc(CNC(=O)C2CC3CCCC(C2)C3N)o1. The molecule has 2 saturated carbocycles. The lowest BCUT2D eigenvalue weighted by molar-refractivity contribution is -0.128. The number of primary amides is 1. The average molecular weight is 342 g/mol. The van der Waals surface area contributed by atoms with E-state index in [-0.39, 0.29) is 42.6 Å². The summed E-state index contributed by atoms with van der Waals surface area (Å²) in [6, 6.07) is 3.45. The molecule has 2 amide bonds. The minimum absolute atomic E-state index is 0. The number of hydrogen-bond acceptors (Lipinski definition) is 4. The van der Waals surface area contributed by atoms with Crippen molar-refractivity contribution in [2.45, 2.75) is 44.7 Å². The summed E-state index contributed by atoms with van der Waals surface area (Å²) < 4.78 is 5.27. The van der Waals surface area contributed by atoms with Gasteiger partial charge in [0.25, 0.3) is 5.91 Å². The first-order valence-electron chi connectivity index (χ1n) is 7.96. The smallest absolute Gasteiger partial charge is 0.284 e. The second kappa shape index (κ2) is 7.36. The van der Waals surface area contributed by atoms with E-state index in [1.807, 2.05) is 0 Å². The van der Waals surface area contributed by atoms with Crippen LogP contribution in [0.5, 0.6) is 0 Å². The third-order valence-corrected chi connectivity index (χ3v) is 5.13. The summed E-state index contributed by atoms with van der Waals surface area (Å²) in [6.07, 6.45) is 5.28. The van der Waals surface area contributed by atoms with E-state index in [1.165, 1.54) is 12.5 Å². The van der Waals surface area contributed by atoms with Crippen LogP contribution in [-0.2, 0) is 11.3 Å². The highest BCUT2D eigenvalue weighted by Crippen LogP contribution is 2.41. The van der Waals surface area contributed by atoms with Crippen molar-refractivity contribution >= 4 is 24.2 Å². The molecule has 5 N–H and O–H groups in total. The molecule has 0 spiro atoms. The highest BCUT2D eigenvalue weighted by molar-refractivity contribution is 5.89. The summed E-state index contributed by atoms with van der Waals surface area (Å²) in [5.41, 5.74) is 11.4. The van der Waals surface area contributed by atoms with Crippen molar-refractivity contribution in [2.24, 2.45) is 29.2 Å². The maximum Gasteiger partial charge on any atom is 0.284 e. The number of carbonyl (C=O) groups excluding carboxylic acids is 2. The van der Waals surface area contributed by atoms with Crippen molar-refractivity contribution < 1.29 is 14.0 Å². The van der Waals surface area contributed by atoms with Gasteiger partial charge in [-0.1, -0.05) is 6.42 Å². The molecule has 0 radical (unpaired) electrons. The number of nitrogens with two attached hydrogens (primary N) is 2. The number of furan rings is 1. The number of carbonyl (C=O) groups is 2. The van der Waals surface area contributed by atoms with E-state index < -0.39 is 5.91 Å². The van der Waals surface area contributed by atoms with Crippen LogP contribution in [0.3, 0.4) is 0 Å². The molecule has 1 aromatic rings. The fourth-order valence-corrected chi connectivity index (χ4v) is 3.93. The van der Waals surface area contributed by atoms with Gasteiger partial charge in [0.1, 0.15) is 5.76 Å². The van der Waals surface area contributed by atoms with Gasteiger partial charge in [-0.2, -0.15) is 0 Å². The Morgan fingerprint density at radius 2 is 1.87 bits per heavy atom. The first kappa shape index (κ1) is 17.8. The molecular weight excluding hydrogens is 318 g/mol. The fourth-order valence-electron chi connectivity index (χ4n) is 3.93. The van der Waals surface area contributed by atoms with E-state index in [1.54, 1.807) is 6.07 Å². The molecule has 128 valence electrons. The lowest BCUT2D eigenvalue weighted by atomic mass is 9.65. The zero-order chi connectivity index (χ0) is 15.7. The molecule has 2 fully saturated rings. The molecular formula is C16H24ClN3O3. The van der Waals surface area contributed by atoms with Crippen LogP contribution >= 0.6 is 12.4 Å². The molecule has 2 bridgehead atoms. The molecule has 0 aromatic carbocycles. The predicted octanol–water partition coefficient (Wildman–Crippen LogP) is 1.57.